The molecule has 7 nitrogen and oxygen atoms in total. The van der Waals surface area contributed by atoms with Gasteiger partial charge < -0.3 is 10.6 Å². The van der Waals surface area contributed by atoms with Gasteiger partial charge in [0.1, 0.15) is 17.7 Å². The number of aryl methyl sites for hydroxylation is 1. The van der Waals surface area contributed by atoms with Crippen molar-refractivity contribution in [1.82, 2.24) is 20.6 Å². The van der Waals surface area contributed by atoms with Gasteiger partial charge in [0.15, 0.2) is 5.78 Å². The quantitative estimate of drug-likeness (QED) is 0.590. The zero-order chi connectivity index (χ0) is 23.3. The summed E-state index contributed by atoms with van der Waals surface area (Å²) in [5, 5.41) is 4.99. The van der Waals surface area contributed by atoms with Crippen LogP contribution in [0.1, 0.15) is 57.7 Å². The number of amides is 2. The van der Waals surface area contributed by atoms with Crippen LogP contribution < -0.4 is 10.6 Å². The van der Waals surface area contributed by atoms with Gasteiger partial charge in [-0.15, -0.1) is 0 Å². The molecule has 1 aromatic heterocycles. The summed E-state index contributed by atoms with van der Waals surface area (Å²) in [5.74, 6) is -1.33. The maximum absolute atomic E-state index is 12.6. The number of rotatable bonds is 7. The molecule has 3 aromatic rings. The number of benzene rings is 2. The molecule has 2 N–H and O–H groups in total. The summed E-state index contributed by atoms with van der Waals surface area (Å²) in [4.78, 5) is 44.1. The van der Waals surface area contributed by atoms with Crippen molar-refractivity contribution in [3.63, 3.8) is 0 Å². The number of hydrogen-bond donors (Lipinski definition) is 2. The third kappa shape index (κ3) is 5.57. The first-order valence-corrected chi connectivity index (χ1v) is 9.25. The third-order valence-electron chi connectivity index (χ3n) is 4.28. The van der Waals surface area contributed by atoms with Gasteiger partial charge in [-0.1, -0.05) is 54.1 Å². The van der Waals surface area contributed by atoms with Gasteiger partial charge in [-0.3, -0.25) is 14.4 Å². The van der Waals surface area contributed by atoms with Crippen LogP contribution in [-0.4, -0.2) is 27.6 Å². The molecule has 0 fully saturated rings. The van der Waals surface area contributed by atoms with Crippen molar-refractivity contribution < 1.29 is 17.1 Å². The minimum absolute atomic E-state index is 0.0263. The molecule has 152 valence electrons. The van der Waals surface area contributed by atoms with Crippen LogP contribution in [0.25, 0.3) is 0 Å². The molecular weight excluding hydrogens is 380 g/mol. The van der Waals surface area contributed by atoms with E-state index in [-0.39, 0.29) is 23.7 Å². The normalized spacial score (nSPS) is 11.8. The highest BCUT2D eigenvalue weighted by atomic mass is 16.2. The molecule has 0 saturated carbocycles. The summed E-state index contributed by atoms with van der Waals surface area (Å²) in [6, 6.07) is 14.8. The number of ketones is 1. The van der Waals surface area contributed by atoms with Gasteiger partial charge in [0.2, 0.25) is 0 Å². The molecule has 3 rings (SSSR count). The van der Waals surface area contributed by atoms with Crippen molar-refractivity contribution in [2.75, 3.05) is 0 Å². The molecule has 0 radical (unpaired) electrons. The molecule has 0 unspecified atom stereocenters. The highest BCUT2D eigenvalue weighted by molar-refractivity contribution is 5.97. The predicted octanol–water partition coefficient (Wildman–Crippen LogP) is 2.85. The van der Waals surface area contributed by atoms with Crippen LogP contribution in [0.5, 0.6) is 0 Å². The molecular formula is C23H22N4O3. The monoisotopic (exact) mass is 404 g/mol. The van der Waals surface area contributed by atoms with Crippen LogP contribution in [-0.2, 0) is 13.0 Å². The number of carbonyl (C=O) groups is 3. The summed E-state index contributed by atoms with van der Waals surface area (Å²) in [5.41, 5.74) is 2.37. The van der Waals surface area contributed by atoms with Crippen molar-refractivity contribution in [2.45, 2.75) is 26.9 Å². The first-order chi connectivity index (χ1) is 15.2. The van der Waals surface area contributed by atoms with Crippen LogP contribution in [0, 0.1) is 6.92 Å². The lowest BCUT2D eigenvalue weighted by Crippen LogP contribution is -2.27. The Morgan fingerprint density at radius 3 is 2.20 bits per heavy atom. The smallest absolute Gasteiger partial charge is 0.270 e. The average Bonchev–Trinajstić information content (AvgIpc) is 2.77. The van der Waals surface area contributed by atoms with E-state index >= 15 is 0 Å². The highest BCUT2D eigenvalue weighted by Crippen LogP contribution is 2.07. The molecule has 0 aliphatic carbocycles. The van der Waals surface area contributed by atoms with E-state index in [4.69, 9.17) is 2.74 Å². The fourth-order valence-corrected chi connectivity index (χ4v) is 2.65. The minimum atomic E-state index is -2.12. The van der Waals surface area contributed by atoms with Crippen LogP contribution in [0.4, 0.5) is 0 Å². The lowest BCUT2D eigenvalue weighted by atomic mass is 10.1. The van der Waals surface area contributed by atoms with Gasteiger partial charge in [-0.05, 0) is 25.0 Å². The standard InChI is InChI=1S/C23H22N4O3/c1-15-4-3-5-18(10-15)13-25-23(30)21-11-20(26-14-27-21)22(29)24-12-17-6-8-19(9-7-17)16(2)28/h3-11,14H,12-13H2,1-2H3,(H,24,29)(H,25,30)/i13D2. The minimum Gasteiger partial charge on any atom is -0.347 e. The predicted molar refractivity (Wildman–Crippen MR) is 112 cm³/mol. The second-order valence-corrected chi connectivity index (χ2v) is 6.67. The van der Waals surface area contributed by atoms with Crippen molar-refractivity contribution >= 4 is 17.6 Å². The first-order valence-electron chi connectivity index (χ1n) is 10.3. The second kappa shape index (κ2) is 9.56. The van der Waals surface area contributed by atoms with E-state index in [2.05, 4.69) is 20.6 Å². The fourth-order valence-electron chi connectivity index (χ4n) is 2.65. The van der Waals surface area contributed by atoms with E-state index in [0.717, 1.165) is 17.5 Å². The lowest BCUT2D eigenvalue weighted by Gasteiger charge is -2.08. The summed E-state index contributed by atoms with van der Waals surface area (Å²) in [7, 11) is 0. The fraction of sp³-hybridized carbons (Fsp3) is 0.174. The second-order valence-electron chi connectivity index (χ2n) is 6.67. The van der Waals surface area contributed by atoms with Crippen molar-refractivity contribution in [3.05, 3.63) is 94.6 Å². The van der Waals surface area contributed by atoms with E-state index < -0.39 is 18.3 Å². The van der Waals surface area contributed by atoms with Gasteiger partial charge in [-0.25, -0.2) is 9.97 Å². The Balaban J connectivity index is 1.66. The molecule has 0 spiro atoms. The zero-order valence-electron chi connectivity index (χ0n) is 18.6. The number of carbonyl (C=O) groups excluding carboxylic acids is 3. The average molecular weight is 404 g/mol. The van der Waals surface area contributed by atoms with E-state index in [1.54, 1.807) is 42.5 Å². The Kier molecular flexibility index (Phi) is 5.79. The Labute approximate surface area is 177 Å². The van der Waals surface area contributed by atoms with Gasteiger partial charge in [0.05, 0.1) is 2.74 Å². The molecule has 0 aliphatic rings. The molecule has 30 heavy (non-hydrogen) atoms. The van der Waals surface area contributed by atoms with E-state index in [0.29, 0.717) is 11.1 Å². The summed E-state index contributed by atoms with van der Waals surface area (Å²) in [6.45, 7) is 1.39. The number of hydrogen-bond acceptors (Lipinski definition) is 5. The van der Waals surface area contributed by atoms with Crippen LogP contribution in [0.3, 0.4) is 0 Å². The molecule has 0 aliphatic heterocycles. The summed E-state index contributed by atoms with van der Waals surface area (Å²) >= 11 is 0. The van der Waals surface area contributed by atoms with Crippen LogP contribution in [0.15, 0.2) is 60.9 Å². The summed E-state index contributed by atoms with van der Waals surface area (Å²) in [6.07, 6.45) is 1.08. The Morgan fingerprint density at radius 2 is 1.57 bits per heavy atom. The SMILES string of the molecule is [2H]C([2H])(NC(=O)c1cc(C(=O)NCc2ccc(C(C)=O)cc2)ncn1)c1cccc(C)c1. The molecule has 0 atom stereocenters. The molecule has 1 heterocycles. The van der Waals surface area contributed by atoms with Gasteiger partial charge >= 0.3 is 0 Å². The van der Waals surface area contributed by atoms with Crippen molar-refractivity contribution in [3.8, 4) is 0 Å². The highest BCUT2D eigenvalue weighted by Gasteiger charge is 2.13. The number of nitrogens with one attached hydrogen (secondary N) is 2. The molecule has 0 bridgehead atoms. The van der Waals surface area contributed by atoms with Crippen molar-refractivity contribution in [1.29, 1.82) is 0 Å². The third-order valence-corrected chi connectivity index (χ3v) is 4.28. The van der Waals surface area contributed by atoms with E-state index in [1.807, 2.05) is 13.0 Å². The molecule has 7 heteroatoms. The van der Waals surface area contributed by atoms with Gasteiger partial charge in [0, 0.05) is 24.7 Å². The molecule has 0 saturated heterocycles. The molecule has 2 amide bonds. The van der Waals surface area contributed by atoms with Gasteiger partial charge in [-0.2, -0.15) is 0 Å². The first kappa shape index (κ1) is 18.2. The summed E-state index contributed by atoms with van der Waals surface area (Å²) < 4.78 is 16.4. The maximum atomic E-state index is 12.6. The molecule has 2 aromatic carbocycles. The Morgan fingerprint density at radius 1 is 0.900 bits per heavy atom. The van der Waals surface area contributed by atoms with Gasteiger partial charge in [0.25, 0.3) is 11.8 Å². The van der Waals surface area contributed by atoms with Crippen molar-refractivity contribution in [2.24, 2.45) is 0 Å². The Bertz CT molecular complexity index is 1160. The number of aromatic nitrogens is 2. The number of Topliss-reactive ketones (excluding diaryl/α,β-unsaturated/α-hetero) is 1. The van der Waals surface area contributed by atoms with E-state index in [9.17, 15) is 14.4 Å². The topological polar surface area (TPSA) is 101 Å². The zero-order valence-corrected chi connectivity index (χ0v) is 16.6. The number of nitrogens with zero attached hydrogens (tertiary/aromatic N) is 2. The largest absolute Gasteiger partial charge is 0.347 e. The lowest BCUT2D eigenvalue weighted by molar-refractivity contribution is 0.0942. The Hall–Kier alpha value is -3.87. The van der Waals surface area contributed by atoms with Crippen LogP contribution in [0.2, 0.25) is 0 Å². The van der Waals surface area contributed by atoms with Crippen LogP contribution >= 0.6 is 0 Å². The maximum Gasteiger partial charge on any atom is 0.270 e. The van der Waals surface area contributed by atoms with E-state index in [1.165, 1.54) is 13.0 Å².